The molecule has 2 aliphatic rings. The topological polar surface area (TPSA) is 103 Å². The van der Waals surface area contributed by atoms with Gasteiger partial charge in [0.25, 0.3) is 0 Å². The highest BCUT2D eigenvalue weighted by atomic mass is 28.4. The number of nitrogens with zero attached hydrogens (tertiary/aromatic N) is 2. The zero-order chi connectivity index (χ0) is 26.8. The van der Waals surface area contributed by atoms with Crippen molar-refractivity contribution in [2.75, 3.05) is 6.61 Å². The quantitative estimate of drug-likeness (QED) is 0.109. The molecule has 0 saturated carbocycles. The Morgan fingerprint density at radius 3 is 2.06 bits per heavy atom. The predicted molar refractivity (Wildman–Crippen MR) is 145 cm³/mol. The first-order chi connectivity index (χ1) is 15.9. The van der Waals surface area contributed by atoms with Crippen LogP contribution in [0.3, 0.4) is 0 Å². The van der Waals surface area contributed by atoms with Crippen molar-refractivity contribution in [2.45, 2.75) is 122 Å². The van der Waals surface area contributed by atoms with Crippen LogP contribution in [-0.2, 0) is 27.5 Å². The first-order valence-electron chi connectivity index (χ1n) is 12.9. The highest BCUT2D eigenvalue weighted by Gasteiger charge is 2.51. The van der Waals surface area contributed by atoms with Crippen LogP contribution in [0.4, 0.5) is 0 Å². The van der Waals surface area contributed by atoms with Crippen molar-refractivity contribution >= 4 is 37.0 Å². The molecule has 202 valence electrons. The minimum absolute atomic E-state index is 0.0998. The molecule has 0 N–H and O–H groups in total. The molecule has 0 aromatic heterocycles. The van der Waals surface area contributed by atoms with Crippen molar-refractivity contribution in [3.63, 3.8) is 0 Å². The molecule has 2 aliphatic heterocycles. The number of rotatable bonds is 13. The number of ketones is 1. The van der Waals surface area contributed by atoms with Crippen molar-refractivity contribution in [3.05, 3.63) is 5.53 Å². The third kappa shape index (κ3) is 10.4. The van der Waals surface area contributed by atoms with E-state index in [2.05, 4.69) is 77.6 Å². The zero-order valence-corrected chi connectivity index (χ0v) is 26.7. The summed E-state index contributed by atoms with van der Waals surface area (Å²) in [7, 11) is -5.53. The van der Waals surface area contributed by atoms with Gasteiger partial charge >= 0.3 is 6.21 Å². The Kier molecular flexibility index (Phi) is 10.5. The van der Waals surface area contributed by atoms with E-state index in [1.807, 2.05) is 0 Å². The third-order valence-corrected chi connectivity index (χ3v) is 9.25. The summed E-state index contributed by atoms with van der Waals surface area (Å²) in [5, 5.41) is 0. The summed E-state index contributed by atoms with van der Waals surface area (Å²) >= 11 is 0. The van der Waals surface area contributed by atoms with Gasteiger partial charge in [0.05, 0.1) is 37.1 Å². The molecule has 8 atom stereocenters. The number of ether oxygens (including phenoxy) is 2. The number of Topliss-reactive ketones (excluding diaryl/α,β-unsaturated/α-hetero) is 1. The molecule has 0 unspecified atom stereocenters. The minimum Gasteiger partial charge on any atom is -0.415 e. The minimum atomic E-state index is -1.98. The maximum absolute atomic E-state index is 12.3. The van der Waals surface area contributed by atoms with Crippen molar-refractivity contribution in [1.82, 2.24) is 0 Å². The number of carbonyl (C=O) groups excluding carboxylic acids is 1. The van der Waals surface area contributed by atoms with Crippen LogP contribution in [0.2, 0.25) is 58.9 Å². The highest BCUT2D eigenvalue weighted by Crippen LogP contribution is 2.41. The number of hydrogen-bond acceptors (Lipinski definition) is 6. The van der Waals surface area contributed by atoms with Crippen LogP contribution in [0.5, 0.6) is 0 Å². The second kappa shape index (κ2) is 11.9. The fourth-order valence-electron chi connectivity index (χ4n) is 4.77. The van der Waals surface area contributed by atoms with Gasteiger partial charge in [0.2, 0.25) is 5.78 Å². The molecule has 0 aromatic carbocycles. The average molecular weight is 545 g/mol. The molecule has 8 nitrogen and oxygen atoms in total. The Morgan fingerprint density at radius 2 is 1.54 bits per heavy atom. The van der Waals surface area contributed by atoms with Gasteiger partial charge in [0.1, 0.15) is 0 Å². The van der Waals surface area contributed by atoms with Crippen LogP contribution in [-0.4, -0.2) is 85.0 Å². The van der Waals surface area contributed by atoms with Gasteiger partial charge in [-0.1, -0.05) is 6.92 Å². The summed E-state index contributed by atoms with van der Waals surface area (Å²) in [5.74, 6) is 0.129. The standard InChI is InChI=1S/C24H48N2O6Si3/c1-16(17(2)30-33(3,4)5)22-21(29-22)12-18-15-28-20(13-19(27)14-26-25)24(32-35(9,10)11)23(18)31-34(6,7)8/h14,16-18,20-24H,12-13,15H2,1-11H3/t16-,17-,18-,20-,21-,22-,23+,24-/m0/s1. The van der Waals surface area contributed by atoms with Gasteiger partial charge in [-0.15, -0.1) is 0 Å². The summed E-state index contributed by atoms with van der Waals surface area (Å²) in [6, 6.07) is 0. The number of carbonyl (C=O) groups is 1. The monoisotopic (exact) mass is 544 g/mol. The molecule has 0 aromatic rings. The van der Waals surface area contributed by atoms with Crippen molar-refractivity contribution in [3.8, 4) is 0 Å². The van der Waals surface area contributed by atoms with Gasteiger partial charge in [0, 0.05) is 24.4 Å². The summed E-state index contributed by atoms with van der Waals surface area (Å²) in [5.41, 5.74) is 8.79. The fourth-order valence-corrected chi connectivity index (χ4v) is 8.35. The Labute approximate surface area is 215 Å². The number of epoxide rings is 1. The van der Waals surface area contributed by atoms with E-state index < -0.39 is 31.1 Å². The Bertz CT molecular complexity index is 773. The summed E-state index contributed by atoms with van der Waals surface area (Å²) in [6.45, 7) is 24.4. The third-order valence-electron chi connectivity index (χ3n) is 6.22. The van der Waals surface area contributed by atoms with Gasteiger partial charge in [-0.05, 0) is 72.3 Å². The van der Waals surface area contributed by atoms with E-state index in [1.165, 1.54) is 0 Å². The summed E-state index contributed by atoms with van der Waals surface area (Å²) in [6.07, 6.45) is 1.36. The lowest BCUT2D eigenvalue weighted by Crippen LogP contribution is -2.58. The van der Waals surface area contributed by atoms with Gasteiger partial charge in [0.15, 0.2) is 25.0 Å². The zero-order valence-electron chi connectivity index (χ0n) is 23.7. The first-order valence-corrected chi connectivity index (χ1v) is 23.1. The Hall–Kier alpha value is -0.499. The lowest BCUT2D eigenvalue weighted by Gasteiger charge is -2.46. The summed E-state index contributed by atoms with van der Waals surface area (Å²) in [4.78, 5) is 15.2. The van der Waals surface area contributed by atoms with Crippen LogP contribution >= 0.6 is 0 Å². The normalized spacial score (nSPS) is 31.4. The molecule has 35 heavy (non-hydrogen) atoms. The van der Waals surface area contributed by atoms with Crippen LogP contribution in [0.25, 0.3) is 5.53 Å². The van der Waals surface area contributed by atoms with E-state index in [0.29, 0.717) is 12.5 Å². The van der Waals surface area contributed by atoms with Gasteiger partial charge < -0.3 is 28.3 Å². The molecular formula is C24H48N2O6Si3. The van der Waals surface area contributed by atoms with Crippen LogP contribution in [0, 0.1) is 11.8 Å². The lowest BCUT2D eigenvalue weighted by molar-refractivity contribution is -0.158. The van der Waals surface area contributed by atoms with Crippen LogP contribution in [0.15, 0.2) is 0 Å². The molecule has 0 aliphatic carbocycles. The molecule has 0 amide bonds. The highest BCUT2D eigenvalue weighted by molar-refractivity contribution is 6.70. The molecule has 2 fully saturated rings. The molecular weight excluding hydrogens is 497 g/mol. The molecule has 2 saturated heterocycles. The van der Waals surface area contributed by atoms with Crippen LogP contribution in [0.1, 0.15) is 26.7 Å². The average Bonchev–Trinajstić information content (AvgIpc) is 3.41. The van der Waals surface area contributed by atoms with Crippen molar-refractivity contribution in [1.29, 1.82) is 0 Å². The van der Waals surface area contributed by atoms with Crippen molar-refractivity contribution < 1.29 is 32.3 Å². The van der Waals surface area contributed by atoms with Crippen LogP contribution < -0.4 is 0 Å². The van der Waals surface area contributed by atoms with Gasteiger partial charge in [-0.2, -0.15) is 4.79 Å². The maximum atomic E-state index is 12.3. The predicted octanol–water partition coefficient (Wildman–Crippen LogP) is 4.74. The second-order valence-corrected chi connectivity index (χ2v) is 26.5. The van der Waals surface area contributed by atoms with E-state index in [4.69, 9.17) is 28.3 Å². The molecule has 0 radical (unpaired) electrons. The van der Waals surface area contributed by atoms with Gasteiger partial charge in [-0.3, -0.25) is 4.79 Å². The van der Waals surface area contributed by atoms with E-state index in [9.17, 15) is 4.79 Å². The lowest BCUT2D eigenvalue weighted by atomic mass is 9.86. The molecule has 11 heteroatoms. The largest absolute Gasteiger partial charge is 0.415 e. The molecule has 2 rings (SSSR count). The molecule has 2 heterocycles. The van der Waals surface area contributed by atoms with E-state index in [0.717, 1.165) is 12.6 Å². The van der Waals surface area contributed by atoms with Gasteiger partial charge in [-0.25, -0.2) is 0 Å². The second-order valence-electron chi connectivity index (χ2n) is 13.1. The first kappa shape index (κ1) is 30.7. The Balaban J connectivity index is 2.19. The summed E-state index contributed by atoms with van der Waals surface area (Å²) < 4.78 is 32.1. The molecule has 0 spiro atoms. The number of hydrogen-bond donors (Lipinski definition) is 0. The molecule has 0 bridgehead atoms. The maximum Gasteiger partial charge on any atom is 0.323 e. The van der Waals surface area contributed by atoms with E-state index >= 15 is 0 Å². The fraction of sp³-hybridized carbons (Fsp3) is 0.917. The van der Waals surface area contributed by atoms with Crippen molar-refractivity contribution in [2.24, 2.45) is 11.8 Å². The smallest absolute Gasteiger partial charge is 0.323 e. The van der Waals surface area contributed by atoms with E-state index in [-0.39, 0.29) is 48.6 Å². The SMILES string of the molecule is C[C@H]([C@@H]1O[C@H]1C[C@H]1CO[C@@H](CC(=O)C=[N+]=[N-])[C@H](O[Si](C)(C)C)[C@@H]1O[Si](C)(C)C)[C@H](C)O[Si](C)(C)C. The Morgan fingerprint density at radius 1 is 0.971 bits per heavy atom. The van der Waals surface area contributed by atoms with E-state index in [1.54, 1.807) is 0 Å².